The Kier molecular flexibility index (Phi) is 4.28. The molecule has 1 fully saturated rings. The number of nitrogens with one attached hydrogen (secondary N) is 1. The topological polar surface area (TPSA) is 80.9 Å². The number of thiazole rings is 1. The van der Waals surface area contributed by atoms with Crippen molar-refractivity contribution in [1.29, 1.82) is 0 Å². The van der Waals surface area contributed by atoms with Crippen molar-refractivity contribution in [2.24, 2.45) is 5.73 Å². The predicted molar refractivity (Wildman–Crippen MR) is 101 cm³/mol. The van der Waals surface area contributed by atoms with E-state index in [9.17, 15) is 9.18 Å². The van der Waals surface area contributed by atoms with Crippen molar-refractivity contribution in [3.63, 3.8) is 0 Å². The van der Waals surface area contributed by atoms with Gasteiger partial charge in [0.05, 0.1) is 15.4 Å². The molecule has 1 amide bonds. The number of carbonyl (C=O) groups is 1. The molecule has 2 heterocycles. The van der Waals surface area contributed by atoms with Crippen molar-refractivity contribution in [3.05, 3.63) is 52.6 Å². The molecule has 3 aromatic rings. The van der Waals surface area contributed by atoms with Crippen LogP contribution in [0.5, 0.6) is 0 Å². The Morgan fingerprint density at radius 1 is 1.42 bits per heavy atom. The van der Waals surface area contributed by atoms with Crippen molar-refractivity contribution in [2.75, 3.05) is 11.9 Å². The standard InChI is InChI=1S/C18H16ClFN4OS/c19-11-7-10(16(21)25)8-13-14(11)24-17(26-13)23-9-18(4-2-5-18)15-12(20)3-1-6-22-15/h1,3,6-8H,2,4-5,9H2,(H2,21,25)(H,23,24). The second kappa shape index (κ2) is 6.48. The van der Waals surface area contributed by atoms with E-state index in [1.165, 1.54) is 23.5 Å². The first-order valence-corrected chi connectivity index (χ1v) is 9.43. The second-order valence-corrected chi connectivity index (χ2v) is 7.95. The summed E-state index contributed by atoms with van der Waals surface area (Å²) in [5, 5.41) is 4.36. The quantitative estimate of drug-likeness (QED) is 0.686. The minimum atomic E-state index is -0.532. The van der Waals surface area contributed by atoms with Crippen LogP contribution in [0.15, 0.2) is 30.5 Å². The molecule has 3 N–H and O–H groups in total. The first-order valence-electron chi connectivity index (χ1n) is 8.23. The molecular weight excluding hydrogens is 375 g/mol. The van der Waals surface area contributed by atoms with Crippen LogP contribution in [0.2, 0.25) is 5.02 Å². The Hall–Kier alpha value is -2.25. The maximum absolute atomic E-state index is 14.2. The molecule has 1 saturated carbocycles. The number of benzene rings is 1. The highest BCUT2D eigenvalue weighted by atomic mass is 35.5. The van der Waals surface area contributed by atoms with Crippen molar-refractivity contribution < 1.29 is 9.18 Å². The van der Waals surface area contributed by atoms with Crippen molar-refractivity contribution in [3.8, 4) is 0 Å². The number of rotatable bonds is 5. The van der Waals surface area contributed by atoms with E-state index in [0.717, 1.165) is 24.0 Å². The molecule has 8 heteroatoms. The van der Waals surface area contributed by atoms with Gasteiger partial charge in [0, 0.05) is 23.7 Å². The van der Waals surface area contributed by atoms with Crippen LogP contribution in [0.3, 0.4) is 0 Å². The van der Waals surface area contributed by atoms with Gasteiger partial charge in [0.15, 0.2) is 5.13 Å². The third-order valence-electron chi connectivity index (χ3n) is 4.88. The highest BCUT2D eigenvalue weighted by Crippen LogP contribution is 2.44. The Labute approximate surface area is 158 Å². The zero-order chi connectivity index (χ0) is 18.3. The predicted octanol–water partition coefficient (Wildman–Crippen LogP) is 4.12. The fourth-order valence-corrected chi connectivity index (χ4v) is 4.57. The third kappa shape index (κ3) is 2.91. The summed E-state index contributed by atoms with van der Waals surface area (Å²) in [6, 6.07) is 6.26. The maximum atomic E-state index is 14.2. The molecule has 0 aliphatic heterocycles. The number of fused-ring (bicyclic) bond motifs is 1. The summed E-state index contributed by atoms with van der Waals surface area (Å²) >= 11 is 7.60. The lowest BCUT2D eigenvalue weighted by molar-refractivity contribution is 0.100. The largest absolute Gasteiger partial charge is 0.366 e. The SMILES string of the molecule is NC(=O)c1cc(Cl)c2nc(NCC3(c4ncccc4F)CCC3)sc2c1. The van der Waals surface area contributed by atoms with E-state index in [1.807, 2.05) is 0 Å². The van der Waals surface area contributed by atoms with Crippen molar-refractivity contribution in [1.82, 2.24) is 9.97 Å². The van der Waals surface area contributed by atoms with Crippen LogP contribution in [0.25, 0.3) is 10.2 Å². The lowest BCUT2D eigenvalue weighted by Crippen LogP contribution is -2.42. The number of amides is 1. The monoisotopic (exact) mass is 390 g/mol. The molecule has 5 nitrogen and oxygen atoms in total. The van der Waals surface area contributed by atoms with Crippen LogP contribution in [-0.4, -0.2) is 22.4 Å². The Morgan fingerprint density at radius 3 is 2.88 bits per heavy atom. The number of hydrogen-bond donors (Lipinski definition) is 2. The summed E-state index contributed by atoms with van der Waals surface area (Å²) in [6.45, 7) is 0.543. The van der Waals surface area contributed by atoms with Crippen molar-refractivity contribution >= 4 is 44.2 Å². The van der Waals surface area contributed by atoms with Gasteiger partial charge < -0.3 is 11.1 Å². The Balaban J connectivity index is 1.60. The third-order valence-corrected chi connectivity index (χ3v) is 6.13. The number of carbonyl (C=O) groups excluding carboxylic acids is 1. The number of hydrogen-bond acceptors (Lipinski definition) is 5. The molecule has 0 spiro atoms. The summed E-state index contributed by atoms with van der Waals surface area (Å²) < 4.78 is 15.0. The van der Waals surface area contributed by atoms with Crippen LogP contribution in [0.4, 0.5) is 9.52 Å². The fourth-order valence-electron chi connectivity index (χ4n) is 3.33. The van der Waals surface area contributed by atoms with Gasteiger partial charge >= 0.3 is 0 Å². The molecular formula is C18H16ClFN4OS. The molecule has 0 radical (unpaired) electrons. The Bertz CT molecular complexity index is 1000. The van der Waals surface area contributed by atoms with E-state index in [-0.39, 0.29) is 11.2 Å². The minimum absolute atomic E-state index is 0.271. The molecule has 0 saturated heterocycles. The van der Waals surface area contributed by atoms with Crippen LogP contribution >= 0.6 is 22.9 Å². The summed E-state index contributed by atoms with van der Waals surface area (Å²) in [7, 11) is 0. The van der Waals surface area contributed by atoms with Crippen LogP contribution in [0, 0.1) is 5.82 Å². The van der Waals surface area contributed by atoms with Gasteiger partial charge in [-0.2, -0.15) is 0 Å². The first-order chi connectivity index (χ1) is 12.5. The van der Waals surface area contributed by atoms with Gasteiger partial charge in [-0.25, -0.2) is 9.37 Å². The molecule has 26 heavy (non-hydrogen) atoms. The number of nitrogens with two attached hydrogens (primary N) is 1. The van der Waals surface area contributed by atoms with Gasteiger partial charge in [0.25, 0.3) is 0 Å². The average molecular weight is 391 g/mol. The zero-order valence-electron chi connectivity index (χ0n) is 13.8. The molecule has 1 aliphatic carbocycles. The highest BCUT2D eigenvalue weighted by Gasteiger charge is 2.41. The van der Waals surface area contributed by atoms with Crippen molar-refractivity contribution in [2.45, 2.75) is 24.7 Å². The molecule has 1 aromatic carbocycles. The van der Waals surface area contributed by atoms with Crippen LogP contribution in [-0.2, 0) is 5.41 Å². The summed E-state index contributed by atoms with van der Waals surface area (Å²) in [6.07, 6.45) is 4.43. The van der Waals surface area contributed by atoms with Gasteiger partial charge in [-0.3, -0.25) is 9.78 Å². The van der Waals surface area contributed by atoms with Crippen LogP contribution in [0.1, 0.15) is 35.3 Å². The molecule has 4 rings (SSSR count). The van der Waals surface area contributed by atoms with Gasteiger partial charge in [0.1, 0.15) is 11.3 Å². The summed E-state index contributed by atoms with van der Waals surface area (Å²) in [5.41, 5.74) is 6.49. The van der Waals surface area contributed by atoms with E-state index in [4.69, 9.17) is 17.3 Å². The first kappa shape index (κ1) is 17.2. The normalized spacial score (nSPS) is 15.6. The highest BCUT2D eigenvalue weighted by molar-refractivity contribution is 7.22. The molecule has 134 valence electrons. The lowest BCUT2D eigenvalue weighted by Gasteiger charge is -2.41. The van der Waals surface area contributed by atoms with Gasteiger partial charge in [0.2, 0.25) is 5.91 Å². The smallest absolute Gasteiger partial charge is 0.248 e. The number of anilines is 1. The summed E-state index contributed by atoms with van der Waals surface area (Å²) in [5.74, 6) is -0.803. The molecule has 2 aromatic heterocycles. The van der Waals surface area contributed by atoms with E-state index in [1.54, 1.807) is 18.3 Å². The number of pyridine rings is 1. The maximum Gasteiger partial charge on any atom is 0.248 e. The zero-order valence-corrected chi connectivity index (χ0v) is 15.3. The second-order valence-electron chi connectivity index (χ2n) is 6.51. The van der Waals surface area contributed by atoms with E-state index in [0.29, 0.717) is 33.5 Å². The molecule has 0 bridgehead atoms. The number of aromatic nitrogens is 2. The molecule has 0 unspecified atom stereocenters. The molecule has 0 atom stereocenters. The molecule has 1 aliphatic rings. The Morgan fingerprint density at radius 2 is 2.23 bits per heavy atom. The van der Waals surface area contributed by atoms with E-state index in [2.05, 4.69) is 15.3 Å². The van der Waals surface area contributed by atoms with Gasteiger partial charge in [-0.15, -0.1) is 0 Å². The average Bonchev–Trinajstić information content (AvgIpc) is 2.99. The lowest BCUT2D eigenvalue weighted by atomic mass is 9.66. The number of primary amides is 1. The van der Waals surface area contributed by atoms with Gasteiger partial charge in [-0.05, 0) is 37.1 Å². The van der Waals surface area contributed by atoms with E-state index >= 15 is 0 Å². The van der Waals surface area contributed by atoms with E-state index < -0.39 is 5.91 Å². The summed E-state index contributed by atoms with van der Waals surface area (Å²) in [4.78, 5) is 20.2. The van der Waals surface area contributed by atoms with Crippen LogP contribution < -0.4 is 11.1 Å². The fraction of sp³-hybridized carbons (Fsp3) is 0.278. The number of nitrogens with zero attached hydrogens (tertiary/aromatic N) is 2. The number of halogens is 2. The van der Waals surface area contributed by atoms with Gasteiger partial charge in [-0.1, -0.05) is 29.4 Å². The minimum Gasteiger partial charge on any atom is -0.366 e.